The number of rotatable bonds is 6. The summed E-state index contributed by atoms with van der Waals surface area (Å²) in [6.45, 7) is 0. The van der Waals surface area contributed by atoms with Gasteiger partial charge < -0.3 is 8.98 Å². The molecule has 272 valence electrons. The summed E-state index contributed by atoms with van der Waals surface area (Å²) < 4.78 is 11.1. The predicted octanol–water partition coefficient (Wildman–Crippen LogP) is 9.95. The van der Waals surface area contributed by atoms with Crippen LogP contribution in [0.5, 0.6) is 0 Å². The molecule has 0 saturated heterocycles. The van der Waals surface area contributed by atoms with Crippen LogP contribution in [0.2, 0.25) is 0 Å². The standard InChI is InChI=1S/C52H34N4OSi/c1-3-15-36(16-4-1)58(37-17-5-2-6-18-37,39-26-29-50(54-33-39)56-44-23-10-7-20-40(44)41-30-31-53-34-47(41)56)38-19-13-14-35(32-38)55-45-24-11-8-21-42(45)51-46(55)27-28-49-52(51)43-22-9-12-25-48(43)57-49/h1-34H. The number of furan rings is 1. The average molecular weight is 759 g/mol. The van der Waals surface area contributed by atoms with Gasteiger partial charge in [0.1, 0.15) is 17.0 Å². The molecular formula is C52H34N4OSi. The summed E-state index contributed by atoms with van der Waals surface area (Å²) in [6.07, 6.45) is 5.94. The van der Waals surface area contributed by atoms with E-state index < -0.39 is 8.07 Å². The first-order valence-corrected chi connectivity index (χ1v) is 21.6. The first-order valence-electron chi connectivity index (χ1n) is 19.6. The van der Waals surface area contributed by atoms with Gasteiger partial charge in [-0.3, -0.25) is 9.55 Å². The van der Waals surface area contributed by atoms with Crippen LogP contribution in [0, 0.1) is 0 Å². The van der Waals surface area contributed by atoms with Gasteiger partial charge in [-0.15, -0.1) is 0 Å². The average Bonchev–Trinajstić information content (AvgIpc) is 3.96. The third-order valence-corrected chi connectivity index (χ3v) is 16.8. The fraction of sp³-hybridized carbons (Fsp3) is 0. The number of para-hydroxylation sites is 3. The molecule has 0 amide bonds. The van der Waals surface area contributed by atoms with Crippen LogP contribution in [0.15, 0.2) is 211 Å². The molecule has 0 bridgehead atoms. The topological polar surface area (TPSA) is 48.8 Å². The molecule has 0 N–H and O–H groups in total. The van der Waals surface area contributed by atoms with Gasteiger partial charge in [-0.05, 0) is 75.3 Å². The Morgan fingerprint density at radius 3 is 1.81 bits per heavy atom. The van der Waals surface area contributed by atoms with Crippen LogP contribution < -0.4 is 20.7 Å². The second kappa shape index (κ2) is 12.7. The van der Waals surface area contributed by atoms with Gasteiger partial charge in [-0.2, -0.15) is 0 Å². The molecule has 5 nitrogen and oxygen atoms in total. The first kappa shape index (κ1) is 32.7. The van der Waals surface area contributed by atoms with Gasteiger partial charge in [-0.25, -0.2) is 4.98 Å². The Balaban J connectivity index is 1.12. The van der Waals surface area contributed by atoms with Crippen molar-refractivity contribution < 1.29 is 4.42 Å². The lowest BCUT2D eigenvalue weighted by Gasteiger charge is -2.34. The normalized spacial score (nSPS) is 12.1. The number of hydrogen-bond donors (Lipinski definition) is 0. The molecule has 12 aromatic rings. The monoisotopic (exact) mass is 758 g/mol. The molecule has 0 atom stereocenters. The Kier molecular flexibility index (Phi) is 7.18. The van der Waals surface area contributed by atoms with Crippen molar-refractivity contribution in [1.29, 1.82) is 0 Å². The Labute approximate surface area is 334 Å². The first-order chi connectivity index (χ1) is 28.8. The molecule has 0 unspecified atom stereocenters. The van der Waals surface area contributed by atoms with Gasteiger partial charge >= 0.3 is 0 Å². The molecule has 5 aromatic heterocycles. The zero-order valence-corrected chi connectivity index (χ0v) is 32.3. The smallest absolute Gasteiger partial charge is 0.181 e. The molecule has 0 spiro atoms. The van der Waals surface area contributed by atoms with E-state index in [0.717, 1.165) is 60.9 Å². The highest BCUT2D eigenvalue weighted by Crippen LogP contribution is 2.41. The summed E-state index contributed by atoms with van der Waals surface area (Å²) >= 11 is 0. The van der Waals surface area contributed by atoms with E-state index in [1.165, 1.54) is 36.9 Å². The van der Waals surface area contributed by atoms with E-state index >= 15 is 0 Å². The van der Waals surface area contributed by atoms with Crippen molar-refractivity contribution in [2.45, 2.75) is 0 Å². The zero-order chi connectivity index (χ0) is 38.2. The molecular weight excluding hydrogens is 725 g/mol. The van der Waals surface area contributed by atoms with Crippen LogP contribution >= 0.6 is 0 Å². The fourth-order valence-corrected chi connectivity index (χ4v) is 14.3. The van der Waals surface area contributed by atoms with E-state index in [-0.39, 0.29) is 0 Å². The number of hydrogen-bond acceptors (Lipinski definition) is 3. The van der Waals surface area contributed by atoms with Gasteiger partial charge in [0.25, 0.3) is 0 Å². The van der Waals surface area contributed by atoms with Crippen LogP contribution in [0.1, 0.15) is 0 Å². The van der Waals surface area contributed by atoms with Crippen LogP contribution in [-0.4, -0.2) is 27.2 Å². The SMILES string of the molecule is c1ccc([Si](c2ccccc2)(c2ccc(-n3c4ccccc4c4ccncc43)nc2)c2cccc(-n3c4ccccc4c4c5c(ccc43)oc3ccccc35)c2)cc1. The highest BCUT2D eigenvalue weighted by atomic mass is 28.3. The van der Waals surface area contributed by atoms with E-state index in [0.29, 0.717) is 0 Å². The van der Waals surface area contributed by atoms with Crippen molar-refractivity contribution >= 4 is 94.4 Å². The van der Waals surface area contributed by atoms with Gasteiger partial charge in [0.05, 0.1) is 28.3 Å². The van der Waals surface area contributed by atoms with Crippen molar-refractivity contribution in [3.05, 3.63) is 207 Å². The lowest BCUT2D eigenvalue weighted by Crippen LogP contribution is -2.74. The molecule has 5 heterocycles. The Morgan fingerprint density at radius 2 is 1.05 bits per heavy atom. The highest BCUT2D eigenvalue weighted by molar-refractivity contribution is 7.19. The van der Waals surface area contributed by atoms with Crippen molar-refractivity contribution in [2.24, 2.45) is 0 Å². The Bertz CT molecular complexity index is 3420. The molecule has 0 radical (unpaired) electrons. The molecule has 0 aliphatic heterocycles. The summed E-state index contributed by atoms with van der Waals surface area (Å²) in [4.78, 5) is 9.84. The number of pyridine rings is 2. The number of aromatic nitrogens is 4. The Morgan fingerprint density at radius 1 is 0.397 bits per heavy atom. The van der Waals surface area contributed by atoms with Gasteiger partial charge in [-0.1, -0.05) is 133 Å². The fourth-order valence-electron chi connectivity index (χ4n) is 9.61. The second-order valence-corrected chi connectivity index (χ2v) is 18.8. The highest BCUT2D eigenvalue weighted by Gasteiger charge is 2.42. The number of benzene rings is 7. The minimum atomic E-state index is -2.98. The van der Waals surface area contributed by atoms with E-state index in [4.69, 9.17) is 9.40 Å². The van der Waals surface area contributed by atoms with Gasteiger partial charge in [0, 0.05) is 50.4 Å². The number of nitrogens with zero attached hydrogens (tertiary/aromatic N) is 4. The minimum absolute atomic E-state index is 0.865. The summed E-state index contributed by atoms with van der Waals surface area (Å²) in [6, 6.07) is 68.0. The maximum absolute atomic E-state index is 6.40. The van der Waals surface area contributed by atoms with Crippen LogP contribution in [0.4, 0.5) is 0 Å². The van der Waals surface area contributed by atoms with Crippen LogP contribution in [-0.2, 0) is 0 Å². The van der Waals surface area contributed by atoms with E-state index in [1.807, 2.05) is 18.5 Å². The minimum Gasteiger partial charge on any atom is -0.456 e. The Hall–Kier alpha value is -7.54. The van der Waals surface area contributed by atoms with Gasteiger partial charge in [0.15, 0.2) is 8.07 Å². The van der Waals surface area contributed by atoms with Crippen molar-refractivity contribution in [1.82, 2.24) is 19.1 Å². The summed E-state index contributed by atoms with van der Waals surface area (Å²) in [7, 11) is -2.98. The van der Waals surface area contributed by atoms with Crippen molar-refractivity contribution in [2.75, 3.05) is 0 Å². The molecule has 12 rings (SSSR count). The van der Waals surface area contributed by atoms with Crippen molar-refractivity contribution in [3.63, 3.8) is 0 Å². The van der Waals surface area contributed by atoms with E-state index in [1.54, 1.807) is 0 Å². The lowest BCUT2D eigenvalue weighted by molar-refractivity contribution is 0.669. The van der Waals surface area contributed by atoms with Crippen LogP contribution in [0.3, 0.4) is 0 Å². The molecule has 58 heavy (non-hydrogen) atoms. The molecule has 6 heteroatoms. The largest absolute Gasteiger partial charge is 0.456 e. The maximum atomic E-state index is 6.40. The van der Waals surface area contributed by atoms with E-state index in [2.05, 4.69) is 202 Å². The second-order valence-electron chi connectivity index (χ2n) is 15.0. The van der Waals surface area contributed by atoms with Crippen molar-refractivity contribution in [3.8, 4) is 11.5 Å². The summed E-state index contributed by atoms with van der Waals surface area (Å²) in [5.41, 5.74) is 7.37. The summed E-state index contributed by atoms with van der Waals surface area (Å²) in [5.74, 6) is 0.865. The third kappa shape index (κ3) is 4.63. The van der Waals surface area contributed by atoms with Crippen LogP contribution in [0.25, 0.3) is 77.1 Å². The number of fused-ring (bicyclic) bond motifs is 10. The molecule has 0 aliphatic rings. The molecule has 0 saturated carbocycles. The lowest BCUT2D eigenvalue weighted by atomic mass is 10.1. The predicted molar refractivity (Wildman–Crippen MR) is 242 cm³/mol. The maximum Gasteiger partial charge on any atom is 0.181 e. The quantitative estimate of drug-likeness (QED) is 0.125. The van der Waals surface area contributed by atoms with E-state index in [9.17, 15) is 0 Å². The molecule has 0 aliphatic carbocycles. The molecule has 0 fully saturated rings. The molecule has 7 aromatic carbocycles. The summed E-state index contributed by atoms with van der Waals surface area (Å²) in [5, 5.41) is 12.1. The zero-order valence-electron chi connectivity index (χ0n) is 31.3. The third-order valence-electron chi connectivity index (χ3n) is 12.0. The van der Waals surface area contributed by atoms with Gasteiger partial charge in [0.2, 0.25) is 0 Å².